The summed E-state index contributed by atoms with van der Waals surface area (Å²) < 4.78 is 0. The fraction of sp³-hybridized carbons (Fsp3) is 0.720. The molecule has 3 N–H and O–H groups in total. The molecule has 5 fully saturated rings. The molecule has 1 aromatic carbocycles. The SMILES string of the molecule is CC[C@]12CC3CC(C(=O)N[C@H]4CC[C@H](N)CC4)(C1)C[C@@](c1ccccc1)(C3)C2. The molecular weight excluding hydrogens is 344 g/mol. The molecule has 0 heterocycles. The van der Waals surface area contributed by atoms with Gasteiger partial charge in [0.05, 0.1) is 5.41 Å². The first-order valence-electron chi connectivity index (χ1n) is 11.6. The van der Waals surface area contributed by atoms with E-state index >= 15 is 0 Å². The molecule has 4 bridgehead atoms. The van der Waals surface area contributed by atoms with Crippen molar-refractivity contribution in [2.45, 2.75) is 95.1 Å². The molecule has 3 heteroatoms. The predicted octanol–water partition coefficient (Wildman–Crippen LogP) is 4.69. The quantitative estimate of drug-likeness (QED) is 0.796. The molecule has 0 saturated heterocycles. The van der Waals surface area contributed by atoms with Gasteiger partial charge in [0, 0.05) is 12.1 Å². The molecule has 0 spiro atoms. The van der Waals surface area contributed by atoms with Crippen molar-refractivity contribution in [1.82, 2.24) is 5.32 Å². The minimum Gasteiger partial charge on any atom is -0.353 e. The lowest BCUT2D eigenvalue weighted by molar-refractivity contribution is -0.164. The molecule has 28 heavy (non-hydrogen) atoms. The first-order chi connectivity index (χ1) is 13.5. The van der Waals surface area contributed by atoms with Crippen LogP contribution >= 0.6 is 0 Å². The molecule has 0 radical (unpaired) electrons. The summed E-state index contributed by atoms with van der Waals surface area (Å²) in [4.78, 5) is 13.7. The van der Waals surface area contributed by atoms with Crippen molar-refractivity contribution in [3.63, 3.8) is 0 Å². The molecule has 5 aliphatic carbocycles. The van der Waals surface area contributed by atoms with Gasteiger partial charge in [-0.3, -0.25) is 4.79 Å². The maximum Gasteiger partial charge on any atom is 0.226 e. The molecule has 0 aliphatic heterocycles. The third-order valence-electron chi connectivity index (χ3n) is 8.91. The Bertz CT molecular complexity index is 740. The van der Waals surface area contributed by atoms with Gasteiger partial charge in [-0.05, 0) is 86.5 Å². The van der Waals surface area contributed by atoms with Crippen LogP contribution in [0, 0.1) is 16.7 Å². The Hall–Kier alpha value is -1.35. The van der Waals surface area contributed by atoms with Crippen LogP contribution in [0.2, 0.25) is 0 Å². The Labute approximate surface area is 169 Å². The third kappa shape index (κ3) is 2.93. The van der Waals surface area contributed by atoms with E-state index in [9.17, 15) is 4.79 Å². The van der Waals surface area contributed by atoms with Crippen molar-refractivity contribution < 1.29 is 4.79 Å². The summed E-state index contributed by atoms with van der Waals surface area (Å²) in [6.07, 6.45) is 12.6. The monoisotopic (exact) mass is 380 g/mol. The van der Waals surface area contributed by atoms with Crippen molar-refractivity contribution in [2.75, 3.05) is 0 Å². The zero-order valence-corrected chi connectivity index (χ0v) is 17.4. The Morgan fingerprint density at radius 2 is 1.79 bits per heavy atom. The molecule has 4 atom stereocenters. The van der Waals surface area contributed by atoms with E-state index in [1.165, 1.54) is 31.2 Å². The van der Waals surface area contributed by atoms with Gasteiger partial charge >= 0.3 is 0 Å². The third-order valence-corrected chi connectivity index (χ3v) is 8.91. The fourth-order valence-corrected chi connectivity index (χ4v) is 8.00. The topological polar surface area (TPSA) is 55.1 Å². The summed E-state index contributed by atoms with van der Waals surface area (Å²) in [5, 5.41) is 3.51. The number of rotatable bonds is 4. The highest BCUT2D eigenvalue weighted by molar-refractivity contribution is 5.84. The normalized spacial score (nSPS) is 44.4. The van der Waals surface area contributed by atoms with Crippen LogP contribution < -0.4 is 11.1 Å². The van der Waals surface area contributed by atoms with Crippen LogP contribution in [0.1, 0.15) is 83.1 Å². The van der Waals surface area contributed by atoms with Crippen LogP contribution in [0.25, 0.3) is 0 Å². The molecule has 5 aliphatic rings. The summed E-state index contributed by atoms with van der Waals surface area (Å²) >= 11 is 0. The Balaban J connectivity index is 1.45. The maximum atomic E-state index is 13.7. The largest absolute Gasteiger partial charge is 0.353 e. The summed E-state index contributed by atoms with van der Waals surface area (Å²) in [5.41, 5.74) is 7.99. The predicted molar refractivity (Wildman–Crippen MR) is 113 cm³/mol. The number of amides is 1. The summed E-state index contributed by atoms with van der Waals surface area (Å²) in [6, 6.07) is 11.8. The highest BCUT2D eigenvalue weighted by Gasteiger charge is 2.65. The average molecular weight is 381 g/mol. The molecule has 3 nitrogen and oxygen atoms in total. The van der Waals surface area contributed by atoms with Gasteiger partial charge in [-0.15, -0.1) is 0 Å². The minimum absolute atomic E-state index is 0.148. The van der Waals surface area contributed by atoms with E-state index in [0.717, 1.165) is 44.9 Å². The lowest BCUT2D eigenvalue weighted by Crippen LogP contribution is -2.63. The van der Waals surface area contributed by atoms with E-state index < -0.39 is 0 Å². The number of nitrogens with one attached hydrogen (secondary N) is 1. The van der Waals surface area contributed by atoms with E-state index in [1.54, 1.807) is 0 Å². The second-order valence-corrected chi connectivity index (χ2v) is 10.9. The molecule has 2 unspecified atom stereocenters. The van der Waals surface area contributed by atoms with E-state index in [0.29, 0.717) is 29.3 Å². The lowest BCUT2D eigenvalue weighted by Gasteiger charge is -2.66. The van der Waals surface area contributed by atoms with E-state index in [1.807, 2.05) is 0 Å². The van der Waals surface area contributed by atoms with E-state index in [4.69, 9.17) is 5.73 Å². The first-order valence-corrected chi connectivity index (χ1v) is 11.6. The van der Waals surface area contributed by atoms with Crippen molar-refractivity contribution in [3.05, 3.63) is 35.9 Å². The number of carbonyl (C=O) groups is 1. The molecule has 152 valence electrons. The summed E-state index contributed by atoms with van der Waals surface area (Å²) in [7, 11) is 0. The van der Waals surface area contributed by atoms with Gasteiger partial charge in [-0.25, -0.2) is 0 Å². The number of hydrogen-bond acceptors (Lipinski definition) is 2. The highest BCUT2D eigenvalue weighted by Crippen LogP contribution is 2.71. The molecular formula is C25H36N2O. The summed E-state index contributed by atoms with van der Waals surface area (Å²) in [5.74, 6) is 1.08. The standard InChI is InChI=1S/C25H36N2O/c1-2-23-12-18-13-24(15-23,19-6-4-3-5-7-19)17-25(14-18,16-23)22(28)27-21-10-8-20(26)9-11-21/h3-7,18,20-21H,2,8-17,26H2,1H3,(H,27,28)/t18?,20-,21-,23-,24-,25?/m1/s1. The molecule has 0 aromatic heterocycles. The van der Waals surface area contributed by atoms with Gasteiger partial charge in [0.1, 0.15) is 0 Å². The van der Waals surface area contributed by atoms with Gasteiger partial charge in [0.15, 0.2) is 0 Å². The molecule has 1 amide bonds. The van der Waals surface area contributed by atoms with Gasteiger partial charge in [-0.1, -0.05) is 43.7 Å². The number of nitrogens with two attached hydrogens (primary N) is 1. The average Bonchev–Trinajstić information content (AvgIpc) is 2.69. The van der Waals surface area contributed by atoms with Gasteiger partial charge in [0.2, 0.25) is 5.91 Å². The van der Waals surface area contributed by atoms with E-state index in [2.05, 4.69) is 42.6 Å². The van der Waals surface area contributed by atoms with Crippen LogP contribution in [0.3, 0.4) is 0 Å². The second kappa shape index (κ2) is 6.58. The van der Waals surface area contributed by atoms with Gasteiger partial charge in [-0.2, -0.15) is 0 Å². The number of benzene rings is 1. The van der Waals surface area contributed by atoms with Crippen LogP contribution in [0.5, 0.6) is 0 Å². The van der Waals surface area contributed by atoms with Crippen molar-refractivity contribution in [3.8, 4) is 0 Å². The number of hydrogen-bond donors (Lipinski definition) is 2. The zero-order chi connectivity index (χ0) is 19.4. The van der Waals surface area contributed by atoms with Crippen LogP contribution in [0.15, 0.2) is 30.3 Å². The summed E-state index contributed by atoms with van der Waals surface area (Å²) in [6.45, 7) is 2.36. The Morgan fingerprint density at radius 3 is 2.50 bits per heavy atom. The number of carbonyl (C=O) groups excluding carboxylic acids is 1. The lowest BCUT2D eigenvalue weighted by atomic mass is 9.38. The second-order valence-electron chi connectivity index (χ2n) is 10.9. The Morgan fingerprint density at radius 1 is 1.04 bits per heavy atom. The van der Waals surface area contributed by atoms with Crippen LogP contribution in [-0.4, -0.2) is 18.0 Å². The maximum absolute atomic E-state index is 13.7. The van der Waals surface area contributed by atoms with Crippen molar-refractivity contribution >= 4 is 5.91 Å². The van der Waals surface area contributed by atoms with Crippen LogP contribution in [0.4, 0.5) is 0 Å². The minimum atomic E-state index is -0.148. The first kappa shape index (κ1) is 18.7. The zero-order valence-electron chi connectivity index (χ0n) is 17.4. The van der Waals surface area contributed by atoms with Crippen LogP contribution in [-0.2, 0) is 10.2 Å². The molecule has 6 rings (SSSR count). The fourth-order valence-electron chi connectivity index (χ4n) is 8.00. The van der Waals surface area contributed by atoms with Crippen molar-refractivity contribution in [1.29, 1.82) is 0 Å². The Kier molecular flexibility index (Phi) is 4.39. The van der Waals surface area contributed by atoms with Crippen molar-refractivity contribution in [2.24, 2.45) is 22.5 Å². The highest BCUT2D eigenvalue weighted by atomic mass is 16.2. The van der Waals surface area contributed by atoms with Gasteiger partial charge in [0.25, 0.3) is 0 Å². The smallest absolute Gasteiger partial charge is 0.226 e. The van der Waals surface area contributed by atoms with E-state index in [-0.39, 0.29) is 10.8 Å². The van der Waals surface area contributed by atoms with Gasteiger partial charge < -0.3 is 11.1 Å². The molecule has 5 saturated carbocycles. The molecule has 1 aromatic rings.